The van der Waals surface area contributed by atoms with Crippen LogP contribution in [0.5, 0.6) is 0 Å². The summed E-state index contributed by atoms with van der Waals surface area (Å²) in [5.74, 6) is 0. The van der Waals surface area contributed by atoms with Crippen LogP contribution in [0, 0.1) is 0 Å². The predicted octanol–water partition coefficient (Wildman–Crippen LogP) is 6.62. The Morgan fingerprint density at radius 1 is 0.275 bits per heavy atom. The predicted molar refractivity (Wildman–Crippen MR) is 174 cm³/mol. The Morgan fingerprint density at radius 2 is 0.375 bits per heavy atom. The van der Waals surface area contributed by atoms with Crippen molar-refractivity contribution < 1.29 is 16.5 Å². The van der Waals surface area contributed by atoms with Crippen molar-refractivity contribution in [1.29, 1.82) is 0 Å². The molecule has 0 fully saturated rings. The van der Waals surface area contributed by atoms with Gasteiger partial charge in [-0.1, -0.05) is 0 Å². The van der Waals surface area contributed by atoms with Crippen molar-refractivity contribution in [2.24, 2.45) is 0 Å². The molecule has 3 aliphatic heterocycles. The van der Waals surface area contributed by atoms with Gasteiger partial charge in [0.25, 0.3) is 0 Å². The van der Waals surface area contributed by atoms with Crippen LogP contribution < -0.4 is 0 Å². The van der Waals surface area contributed by atoms with Crippen LogP contribution in [0.3, 0.4) is 0 Å². The SMILES string of the molecule is CC(C)(C)N1C=CN(C(C)(C)C)[Si]1.CC(C)(C)N1C=CN(C(C)(C)C)[Si]1.CC(C)(C)N1C=CN(C(C)(C)C)[Si]1.[Ni]. The first kappa shape index (κ1) is 39.2. The van der Waals surface area contributed by atoms with Crippen molar-refractivity contribution in [2.75, 3.05) is 0 Å². The number of hydrogen-bond acceptors (Lipinski definition) is 6. The van der Waals surface area contributed by atoms with E-state index in [1.807, 2.05) is 0 Å². The molecule has 10 heteroatoms. The average molecular weight is 648 g/mol. The van der Waals surface area contributed by atoms with Crippen LogP contribution in [-0.4, -0.2) is 90.2 Å². The van der Waals surface area contributed by atoms with Crippen molar-refractivity contribution in [2.45, 2.75) is 158 Å². The molecule has 0 unspecified atom stereocenters. The van der Waals surface area contributed by atoms with E-state index in [0.29, 0.717) is 0 Å². The molecule has 6 radical (unpaired) electrons. The Bertz CT molecular complexity index is 685. The fourth-order valence-electron chi connectivity index (χ4n) is 3.19. The fourth-order valence-corrected chi connectivity index (χ4v) is 6.49. The maximum absolute atomic E-state index is 2.39. The molecule has 0 amide bonds. The van der Waals surface area contributed by atoms with Gasteiger partial charge >= 0.3 is 29.5 Å². The van der Waals surface area contributed by atoms with Gasteiger partial charge in [-0.05, 0) is 125 Å². The van der Waals surface area contributed by atoms with Crippen LogP contribution in [0.25, 0.3) is 0 Å². The molecule has 0 aromatic rings. The monoisotopic (exact) mass is 646 g/mol. The normalized spacial score (nSPS) is 18.1. The van der Waals surface area contributed by atoms with Gasteiger partial charge < -0.3 is 27.4 Å². The van der Waals surface area contributed by atoms with Crippen LogP contribution in [0.1, 0.15) is 125 Å². The minimum Gasteiger partial charge on any atom is -0.380 e. The Labute approximate surface area is 267 Å². The van der Waals surface area contributed by atoms with E-state index in [1.54, 1.807) is 0 Å². The molecule has 0 bridgehead atoms. The minimum atomic E-state index is 0. The molecule has 0 saturated carbocycles. The fraction of sp³-hybridized carbons (Fsp3) is 0.800. The summed E-state index contributed by atoms with van der Waals surface area (Å²) in [5.41, 5.74) is 1.47. The van der Waals surface area contributed by atoms with E-state index in [9.17, 15) is 0 Å². The maximum atomic E-state index is 2.39. The Balaban J connectivity index is 0.000000563. The standard InChI is InChI=1S/3C10H20N2Si.Ni/c3*1-9(2,3)11-7-8-12(13-11)10(4,5)6;/h3*7-8H,1-6H3;. The van der Waals surface area contributed by atoms with E-state index >= 15 is 0 Å². The summed E-state index contributed by atoms with van der Waals surface area (Å²) in [4.78, 5) is 0. The van der Waals surface area contributed by atoms with Crippen molar-refractivity contribution in [3.8, 4) is 0 Å². The van der Waals surface area contributed by atoms with Crippen molar-refractivity contribution in [3.63, 3.8) is 0 Å². The Hall–Kier alpha value is -0.836. The van der Waals surface area contributed by atoms with Gasteiger partial charge in [-0.15, -0.1) is 0 Å². The molecular formula is C30H60N6NiSi3. The second kappa shape index (κ2) is 13.6. The van der Waals surface area contributed by atoms with Gasteiger partial charge in [0, 0.05) is 86.9 Å². The van der Waals surface area contributed by atoms with Gasteiger partial charge in [-0.2, -0.15) is 0 Å². The summed E-state index contributed by atoms with van der Waals surface area (Å²) in [6.45, 7) is 40.4. The summed E-state index contributed by atoms with van der Waals surface area (Å²) >= 11 is 0. The molecule has 40 heavy (non-hydrogen) atoms. The van der Waals surface area contributed by atoms with Gasteiger partial charge in [0.1, 0.15) is 0 Å². The average Bonchev–Trinajstić information content (AvgIpc) is 3.45. The molecule has 3 aliphatic rings. The second-order valence-corrected chi connectivity index (χ2v) is 19.9. The third-order valence-corrected chi connectivity index (χ3v) is 12.3. The van der Waals surface area contributed by atoms with E-state index in [0.717, 1.165) is 29.5 Å². The first-order chi connectivity index (χ1) is 17.1. The quantitative estimate of drug-likeness (QED) is 0.274. The van der Waals surface area contributed by atoms with Crippen LogP contribution in [0.2, 0.25) is 0 Å². The second-order valence-electron chi connectivity index (χ2n) is 16.4. The van der Waals surface area contributed by atoms with Gasteiger partial charge in [-0.25, -0.2) is 0 Å². The first-order valence-electron chi connectivity index (χ1n) is 14.2. The van der Waals surface area contributed by atoms with Crippen molar-refractivity contribution in [3.05, 3.63) is 37.2 Å². The van der Waals surface area contributed by atoms with E-state index < -0.39 is 0 Å². The van der Waals surface area contributed by atoms with Crippen LogP contribution in [-0.2, 0) is 16.5 Å². The number of rotatable bonds is 0. The third kappa shape index (κ3) is 12.6. The summed E-state index contributed by atoms with van der Waals surface area (Å²) in [5, 5.41) is 0. The van der Waals surface area contributed by atoms with Gasteiger partial charge in [-0.3, -0.25) is 0 Å². The van der Waals surface area contributed by atoms with Gasteiger partial charge in [0.05, 0.1) is 0 Å². The molecule has 3 heterocycles. The molecule has 0 spiro atoms. The molecule has 6 nitrogen and oxygen atoms in total. The molecular weight excluding hydrogens is 587 g/mol. The smallest absolute Gasteiger partial charge is 0.332 e. The van der Waals surface area contributed by atoms with E-state index in [-0.39, 0.29) is 49.7 Å². The first-order valence-corrected chi connectivity index (χ1v) is 16.9. The molecule has 0 aliphatic carbocycles. The van der Waals surface area contributed by atoms with Crippen molar-refractivity contribution >= 4 is 29.5 Å². The molecule has 232 valence electrons. The molecule has 0 atom stereocenters. The van der Waals surface area contributed by atoms with Crippen molar-refractivity contribution in [1.82, 2.24) is 27.4 Å². The zero-order chi connectivity index (χ0) is 30.8. The van der Waals surface area contributed by atoms with E-state index in [2.05, 4.69) is 189 Å². The minimum absolute atomic E-state index is 0. The maximum Gasteiger partial charge on any atom is 0.332 e. The summed E-state index contributed by atoms with van der Waals surface area (Å²) < 4.78 is 14.3. The number of hydrogen-bond donors (Lipinski definition) is 0. The zero-order valence-electron chi connectivity index (χ0n) is 29.0. The van der Waals surface area contributed by atoms with E-state index in [1.165, 1.54) is 0 Å². The molecule has 3 rings (SSSR count). The molecule has 0 N–H and O–H groups in total. The third-order valence-electron chi connectivity index (χ3n) is 6.08. The Morgan fingerprint density at radius 3 is 0.425 bits per heavy atom. The topological polar surface area (TPSA) is 19.4 Å². The number of nitrogens with zero attached hydrogens (tertiary/aromatic N) is 6. The Kier molecular flexibility index (Phi) is 13.4. The summed E-state index contributed by atoms with van der Waals surface area (Å²) in [6.07, 6.45) is 13.2. The molecule has 0 aromatic carbocycles. The molecule has 0 aromatic heterocycles. The molecule has 0 saturated heterocycles. The van der Waals surface area contributed by atoms with Crippen LogP contribution >= 0.6 is 0 Å². The van der Waals surface area contributed by atoms with Gasteiger partial charge in [0.2, 0.25) is 0 Å². The zero-order valence-corrected chi connectivity index (χ0v) is 33.0. The summed E-state index contributed by atoms with van der Waals surface area (Å²) in [6, 6.07) is 0. The largest absolute Gasteiger partial charge is 0.380 e. The summed E-state index contributed by atoms with van der Waals surface area (Å²) in [7, 11) is 2.25. The van der Waals surface area contributed by atoms with Gasteiger partial charge in [0.15, 0.2) is 0 Å². The van der Waals surface area contributed by atoms with Crippen LogP contribution in [0.15, 0.2) is 37.2 Å². The van der Waals surface area contributed by atoms with Crippen LogP contribution in [0.4, 0.5) is 0 Å². The van der Waals surface area contributed by atoms with E-state index in [4.69, 9.17) is 0 Å².